The summed E-state index contributed by atoms with van der Waals surface area (Å²) in [6.07, 6.45) is 1.13. The highest BCUT2D eigenvalue weighted by Crippen LogP contribution is 2.24. The quantitative estimate of drug-likeness (QED) is 0.830. The first-order chi connectivity index (χ1) is 11.3. The summed E-state index contributed by atoms with van der Waals surface area (Å²) in [6.45, 7) is 8.91. The molecule has 24 heavy (non-hydrogen) atoms. The lowest BCUT2D eigenvalue weighted by Crippen LogP contribution is -2.28. The van der Waals surface area contributed by atoms with Crippen LogP contribution in [0.15, 0.2) is 23.2 Å². The van der Waals surface area contributed by atoms with Crippen LogP contribution in [0.5, 0.6) is 0 Å². The number of aryl methyl sites for hydroxylation is 2. The van der Waals surface area contributed by atoms with Crippen LogP contribution in [-0.2, 0) is 9.59 Å². The molecule has 1 saturated heterocycles. The van der Waals surface area contributed by atoms with Crippen LogP contribution in [0.4, 0.5) is 5.69 Å². The molecule has 2 N–H and O–H groups in total. The molecular formula is C18H25N3O2S. The predicted octanol–water partition coefficient (Wildman–Crippen LogP) is 3.27. The number of amides is 2. The fourth-order valence-electron chi connectivity index (χ4n) is 2.28. The van der Waals surface area contributed by atoms with Crippen LogP contribution in [0, 0.1) is 19.8 Å². The lowest BCUT2D eigenvalue weighted by Gasteiger charge is -2.10. The van der Waals surface area contributed by atoms with Gasteiger partial charge < -0.3 is 10.6 Å². The molecule has 5 nitrogen and oxygen atoms in total. The van der Waals surface area contributed by atoms with Crippen LogP contribution in [0.1, 0.15) is 37.8 Å². The highest BCUT2D eigenvalue weighted by Gasteiger charge is 2.32. The molecule has 6 heteroatoms. The minimum absolute atomic E-state index is 0.139. The Kier molecular flexibility index (Phi) is 6.43. The van der Waals surface area contributed by atoms with E-state index in [4.69, 9.17) is 0 Å². The van der Waals surface area contributed by atoms with Crippen LogP contribution in [0.3, 0.4) is 0 Å². The Morgan fingerprint density at radius 3 is 2.83 bits per heavy atom. The predicted molar refractivity (Wildman–Crippen MR) is 100 cm³/mol. The van der Waals surface area contributed by atoms with E-state index in [1.807, 2.05) is 32.0 Å². The van der Waals surface area contributed by atoms with Crippen LogP contribution < -0.4 is 10.6 Å². The first kappa shape index (κ1) is 18.5. The average Bonchev–Trinajstić information content (AvgIpc) is 2.82. The fraction of sp³-hybridized carbons (Fsp3) is 0.500. The van der Waals surface area contributed by atoms with Crippen molar-refractivity contribution in [3.05, 3.63) is 29.3 Å². The summed E-state index contributed by atoms with van der Waals surface area (Å²) >= 11 is 1.35. The molecular weight excluding hydrogens is 322 g/mol. The standard InChI is InChI=1S/C18H25N3O2S/c1-11(2)7-8-19-18-21-17(23)15(24-18)10-16(22)20-14-9-12(3)5-6-13(14)4/h5-6,9,11,15H,7-8,10H2,1-4H3,(H,20,22)(H,19,21,23)/t15-/m0/s1. The minimum atomic E-state index is -0.409. The number of thioether (sulfide) groups is 1. The van der Waals surface area contributed by atoms with Crippen molar-refractivity contribution in [3.63, 3.8) is 0 Å². The Hall–Kier alpha value is -1.82. The van der Waals surface area contributed by atoms with Gasteiger partial charge in [-0.05, 0) is 43.4 Å². The summed E-state index contributed by atoms with van der Waals surface area (Å²) in [5.41, 5.74) is 2.89. The van der Waals surface area contributed by atoms with Crippen molar-refractivity contribution in [1.82, 2.24) is 5.32 Å². The second-order valence-electron chi connectivity index (χ2n) is 6.54. The number of aliphatic imine (C=N–C) groups is 1. The van der Waals surface area contributed by atoms with Crippen molar-refractivity contribution in [2.45, 2.75) is 45.8 Å². The number of hydrogen-bond acceptors (Lipinski definition) is 4. The first-order valence-corrected chi connectivity index (χ1v) is 9.12. The molecule has 1 fully saturated rings. The largest absolute Gasteiger partial charge is 0.326 e. The molecule has 1 aliphatic heterocycles. The van der Waals surface area contributed by atoms with E-state index in [9.17, 15) is 9.59 Å². The molecule has 130 valence electrons. The average molecular weight is 347 g/mol. The highest BCUT2D eigenvalue weighted by atomic mass is 32.2. The van der Waals surface area contributed by atoms with Crippen molar-refractivity contribution < 1.29 is 9.59 Å². The van der Waals surface area contributed by atoms with E-state index in [0.29, 0.717) is 17.6 Å². The van der Waals surface area contributed by atoms with Crippen LogP contribution >= 0.6 is 11.8 Å². The van der Waals surface area contributed by atoms with Gasteiger partial charge in [0.2, 0.25) is 11.8 Å². The molecule has 1 aromatic rings. The van der Waals surface area contributed by atoms with Gasteiger partial charge in [-0.3, -0.25) is 14.6 Å². The molecule has 1 atom stereocenters. The Labute approximate surface area is 147 Å². The van der Waals surface area contributed by atoms with Crippen molar-refractivity contribution >= 4 is 34.4 Å². The number of carbonyl (C=O) groups is 2. The Morgan fingerprint density at radius 2 is 2.12 bits per heavy atom. The van der Waals surface area contributed by atoms with Crippen molar-refractivity contribution in [2.24, 2.45) is 10.9 Å². The van der Waals surface area contributed by atoms with Gasteiger partial charge in [0.1, 0.15) is 5.25 Å². The van der Waals surface area contributed by atoms with Crippen molar-refractivity contribution in [3.8, 4) is 0 Å². The number of carbonyl (C=O) groups excluding carboxylic acids is 2. The van der Waals surface area contributed by atoms with Gasteiger partial charge in [-0.15, -0.1) is 0 Å². The fourth-order valence-corrected chi connectivity index (χ4v) is 3.27. The minimum Gasteiger partial charge on any atom is -0.326 e. The lowest BCUT2D eigenvalue weighted by atomic mass is 10.1. The summed E-state index contributed by atoms with van der Waals surface area (Å²) in [6, 6.07) is 5.92. The van der Waals surface area contributed by atoms with Crippen LogP contribution in [0.2, 0.25) is 0 Å². The molecule has 0 aromatic heterocycles. The van der Waals surface area contributed by atoms with E-state index < -0.39 is 5.25 Å². The third-order valence-electron chi connectivity index (χ3n) is 3.78. The maximum Gasteiger partial charge on any atom is 0.240 e. The van der Waals surface area contributed by atoms with E-state index in [1.54, 1.807) is 0 Å². The second kappa shape index (κ2) is 8.33. The van der Waals surface area contributed by atoms with Crippen molar-refractivity contribution in [2.75, 3.05) is 11.9 Å². The molecule has 1 aromatic carbocycles. The number of anilines is 1. The first-order valence-electron chi connectivity index (χ1n) is 8.24. The van der Waals surface area contributed by atoms with Crippen LogP contribution in [-0.4, -0.2) is 28.8 Å². The maximum atomic E-state index is 12.2. The van der Waals surface area contributed by atoms with Gasteiger partial charge in [-0.25, -0.2) is 0 Å². The maximum absolute atomic E-state index is 12.2. The summed E-state index contributed by atoms with van der Waals surface area (Å²) in [7, 11) is 0. The highest BCUT2D eigenvalue weighted by molar-refractivity contribution is 8.15. The number of amidine groups is 1. The van der Waals surface area contributed by atoms with Gasteiger partial charge in [0.15, 0.2) is 5.17 Å². The van der Waals surface area contributed by atoms with E-state index >= 15 is 0 Å². The molecule has 2 rings (SSSR count). The zero-order valence-electron chi connectivity index (χ0n) is 14.7. The van der Waals surface area contributed by atoms with Gasteiger partial charge >= 0.3 is 0 Å². The number of hydrogen-bond donors (Lipinski definition) is 2. The Bertz CT molecular complexity index is 656. The number of nitrogens with one attached hydrogen (secondary N) is 2. The third-order valence-corrected chi connectivity index (χ3v) is 4.90. The van der Waals surface area contributed by atoms with E-state index in [2.05, 4.69) is 29.5 Å². The third kappa shape index (κ3) is 5.37. The van der Waals surface area contributed by atoms with E-state index in [-0.39, 0.29) is 18.2 Å². The molecule has 0 unspecified atom stereocenters. The Morgan fingerprint density at radius 1 is 1.38 bits per heavy atom. The summed E-state index contributed by atoms with van der Waals surface area (Å²) < 4.78 is 0. The summed E-state index contributed by atoms with van der Waals surface area (Å²) in [5.74, 6) is 0.287. The summed E-state index contributed by atoms with van der Waals surface area (Å²) in [5, 5.41) is 5.88. The topological polar surface area (TPSA) is 70.6 Å². The normalized spacial score (nSPS) is 19.0. The van der Waals surface area contributed by atoms with Crippen molar-refractivity contribution in [1.29, 1.82) is 0 Å². The van der Waals surface area contributed by atoms with Gasteiger partial charge in [0.05, 0.1) is 0 Å². The SMILES string of the molecule is Cc1ccc(C)c(NC(=O)C[C@@H]2SC(=NCCC(C)C)NC2=O)c1. The van der Waals surface area contributed by atoms with Gasteiger partial charge in [-0.2, -0.15) is 0 Å². The number of benzene rings is 1. The molecule has 0 radical (unpaired) electrons. The smallest absolute Gasteiger partial charge is 0.240 e. The van der Waals surface area contributed by atoms with Gasteiger partial charge in [-0.1, -0.05) is 37.7 Å². The molecule has 0 bridgehead atoms. The summed E-state index contributed by atoms with van der Waals surface area (Å²) in [4.78, 5) is 28.6. The van der Waals surface area contributed by atoms with E-state index in [0.717, 1.165) is 23.2 Å². The molecule has 1 heterocycles. The zero-order valence-corrected chi connectivity index (χ0v) is 15.5. The molecule has 0 saturated carbocycles. The lowest BCUT2D eigenvalue weighted by molar-refractivity contribution is -0.122. The Balaban J connectivity index is 1.90. The number of rotatable bonds is 6. The van der Waals surface area contributed by atoms with Gasteiger partial charge in [0, 0.05) is 18.7 Å². The molecule has 1 aliphatic rings. The second-order valence-corrected chi connectivity index (χ2v) is 7.73. The molecule has 0 spiro atoms. The van der Waals surface area contributed by atoms with E-state index in [1.165, 1.54) is 11.8 Å². The zero-order chi connectivity index (χ0) is 17.7. The van der Waals surface area contributed by atoms with Crippen LogP contribution in [0.25, 0.3) is 0 Å². The molecule has 2 amide bonds. The monoisotopic (exact) mass is 347 g/mol. The number of nitrogens with zero attached hydrogens (tertiary/aromatic N) is 1. The van der Waals surface area contributed by atoms with Gasteiger partial charge in [0.25, 0.3) is 0 Å². The molecule has 0 aliphatic carbocycles.